The predicted octanol–water partition coefficient (Wildman–Crippen LogP) is 3.04. The second-order valence-electron chi connectivity index (χ2n) is 8.38. The summed E-state index contributed by atoms with van der Waals surface area (Å²) in [6, 6.07) is 8.71. The zero-order chi connectivity index (χ0) is 19.4. The van der Waals surface area contributed by atoms with E-state index in [9.17, 15) is 0 Å². The van der Waals surface area contributed by atoms with E-state index in [1.807, 2.05) is 19.2 Å². The lowest BCUT2D eigenvalue weighted by Gasteiger charge is -2.35. The number of benzene rings is 1. The molecule has 0 bridgehead atoms. The van der Waals surface area contributed by atoms with E-state index in [1.165, 1.54) is 31.2 Å². The van der Waals surface area contributed by atoms with E-state index in [0.29, 0.717) is 5.41 Å². The first-order valence-electron chi connectivity index (χ1n) is 10.6. The van der Waals surface area contributed by atoms with Crippen molar-refractivity contribution < 1.29 is 9.47 Å². The summed E-state index contributed by atoms with van der Waals surface area (Å²) in [4.78, 5) is 6.97. The summed E-state index contributed by atoms with van der Waals surface area (Å²) in [5.74, 6) is 2.77. The number of nitrogens with zero attached hydrogens (tertiary/aromatic N) is 2. The molecule has 1 unspecified atom stereocenters. The molecule has 3 aliphatic rings. The van der Waals surface area contributed by atoms with Gasteiger partial charge in [-0.1, -0.05) is 12.1 Å². The molecule has 1 atom stereocenters. The first-order valence-corrected chi connectivity index (χ1v) is 10.6. The number of halogens is 1. The molecule has 1 aliphatic heterocycles. The Bertz CT molecular complexity index is 668. The number of hydrogen-bond acceptors (Lipinski definition) is 4. The fraction of sp³-hybridized carbons (Fsp3) is 0.682. The Morgan fingerprint density at radius 2 is 1.90 bits per heavy atom. The van der Waals surface area contributed by atoms with Crippen molar-refractivity contribution in [3.05, 3.63) is 29.8 Å². The third-order valence-electron chi connectivity index (χ3n) is 6.62. The zero-order valence-electron chi connectivity index (χ0n) is 17.7. The van der Waals surface area contributed by atoms with Gasteiger partial charge in [0.25, 0.3) is 0 Å². The SMILES string of the molecule is CN=C(NCC(c1ccc(OC)cc1)N1CCOCC1)NCC1(C2CC2)CC1.I. The van der Waals surface area contributed by atoms with Crippen molar-refractivity contribution in [2.45, 2.75) is 31.7 Å². The lowest BCUT2D eigenvalue weighted by atomic mass is 10.0. The van der Waals surface area contributed by atoms with Gasteiger partial charge >= 0.3 is 0 Å². The molecule has 0 spiro atoms. The first-order chi connectivity index (χ1) is 13.7. The normalized spacial score (nSPS) is 22.3. The van der Waals surface area contributed by atoms with Crippen LogP contribution in [0.1, 0.15) is 37.3 Å². The molecule has 7 heteroatoms. The largest absolute Gasteiger partial charge is 0.497 e. The van der Waals surface area contributed by atoms with Crippen LogP contribution in [0.25, 0.3) is 0 Å². The first kappa shape index (κ1) is 22.6. The smallest absolute Gasteiger partial charge is 0.191 e. The zero-order valence-corrected chi connectivity index (χ0v) is 20.0. The van der Waals surface area contributed by atoms with E-state index in [0.717, 1.165) is 57.0 Å². The van der Waals surface area contributed by atoms with Gasteiger partial charge in [0.2, 0.25) is 0 Å². The number of aliphatic imine (C=N–C) groups is 1. The van der Waals surface area contributed by atoms with Crippen molar-refractivity contribution in [2.75, 3.05) is 53.6 Å². The van der Waals surface area contributed by atoms with E-state index in [4.69, 9.17) is 9.47 Å². The molecule has 4 rings (SSSR count). The minimum atomic E-state index is 0. The fourth-order valence-corrected chi connectivity index (χ4v) is 4.43. The molecule has 2 aliphatic carbocycles. The standard InChI is InChI=1S/C22H34N4O2.HI/c1-23-21(25-16-22(9-10-22)18-5-6-18)24-15-20(26-11-13-28-14-12-26)17-3-7-19(27-2)8-4-17;/h3-4,7-8,18,20H,5-6,9-16H2,1-2H3,(H2,23,24,25);1H. The average molecular weight is 514 g/mol. The molecule has 3 fully saturated rings. The maximum Gasteiger partial charge on any atom is 0.191 e. The van der Waals surface area contributed by atoms with Crippen molar-refractivity contribution in [1.29, 1.82) is 0 Å². The molecule has 2 saturated carbocycles. The molecule has 0 radical (unpaired) electrons. The van der Waals surface area contributed by atoms with Crippen LogP contribution in [0.2, 0.25) is 0 Å². The van der Waals surface area contributed by atoms with Gasteiger partial charge < -0.3 is 20.1 Å². The monoisotopic (exact) mass is 514 g/mol. The molecule has 1 saturated heterocycles. The van der Waals surface area contributed by atoms with E-state index in [1.54, 1.807) is 7.11 Å². The lowest BCUT2D eigenvalue weighted by molar-refractivity contribution is 0.0170. The van der Waals surface area contributed by atoms with Crippen LogP contribution in [-0.2, 0) is 4.74 Å². The summed E-state index contributed by atoms with van der Waals surface area (Å²) >= 11 is 0. The van der Waals surface area contributed by atoms with Crippen LogP contribution in [0.4, 0.5) is 0 Å². The van der Waals surface area contributed by atoms with E-state index < -0.39 is 0 Å². The highest BCUT2D eigenvalue weighted by atomic mass is 127. The highest BCUT2D eigenvalue weighted by molar-refractivity contribution is 14.0. The van der Waals surface area contributed by atoms with Crippen molar-refractivity contribution in [1.82, 2.24) is 15.5 Å². The number of methoxy groups -OCH3 is 1. The summed E-state index contributed by atoms with van der Waals surface area (Å²) in [7, 11) is 3.57. The topological polar surface area (TPSA) is 58.1 Å². The average Bonchev–Trinajstić information content (AvgIpc) is 3.65. The molecule has 0 aromatic heterocycles. The third kappa shape index (κ3) is 5.76. The van der Waals surface area contributed by atoms with Crippen LogP contribution in [0.5, 0.6) is 5.75 Å². The van der Waals surface area contributed by atoms with Gasteiger partial charge in [-0.05, 0) is 54.7 Å². The molecule has 162 valence electrons. The fourth-order valence-electron chi connectivity index (χ4n) is 4.43. The molecule has 2 N–H and O–H groups in total. The minimum absolute atomic E-state index is 0. The van der Waals surface area contributed by atoms with Crippen LogP contribution >= 0.6 is 24.0 Å². The summed E-state index contributed by atoms with van der Waals surface area (Å²) in [6.07, 6.45) is 5.60. The second kappa shape index (κ2) is 10.3. The van der Waals surface area contributed by atoms with Crippen molar-refractivity contribution >= 4 is 29.9 Å². The Hall–Kier alpha value is -1.06. The Morgan fingerprint density at radius 3 is 2.45 bits per heavy atom. The predicted molar refractivity (Wildman–Crippen MR) is 127 cm³/mol. The van der Waals surface area contributed by atoms with Crippen molar-refractivity contribution in [3.63, 3.8) is 0 Å². The number of morpholine rings is 1. The van der Waals surface area contributed by atoms with Crippen LogP contribution in [0.15, 0.2) is 29.3 Å². The van der Waals surface area contributed by atoms with Crippen LogP contribution in [0, 0.1) is 11.3 Å². The minimum Gasteiger partial charge on any atom is -0.497 e. The van der Waals surface area contributed by atoms with Gasteiger partial charge in [-0.3, -0.25) is 9.89 Å². The Balaban J connectivity index is 0.00000240. The number of rotatable bonds is 8. The van der Waals surface area contributed by atoms with E-state index in [2.05, 4.69) is 32.7 Å². The third-order valence-corrected chi connectivity index (χ3v) is 6.62. The Labute approximate surface area is 191 Å². The molecule has 0 amide bonds. The van der Waals surface area contributed by atoms with Gasteiger partial charge in [-0.2, -0.15) is 0 Å². The number of ether oxygens (including phenoxy) is 2. The van der Waals surface area contributed by atoms with Crippen LogP contribution in [0.3, 0.4) is 0 Å². The van der Waals surface area contributed by atoms with Crippen molar-refractivity contribution in [3.8, 4) is 5.75 Å². The van der Waals surface area contributed by atoms with Crippen molar-refractivity contribution in [2.24, 2.45) is 16.3 Å². The highest BCUT2D eigenvalue weighted by Crippen LogP contribution is 2.60. The molecular formula is C22H35IN4O2. The molecule has 1 aromatic rings. The van der Waals surface area contributed by atoms with Crippen LogP contribution in [-0.4, -0.2) is 64.4 Å². The van der Waals surface area contributed by atoms with E-state index >= 15 is 0 Å². The summed E-state index contributed by atoms with van der Waals surface area (Å²) in [6.45, 7) is 5.38. The number of guanidine groups is 1. The molecule has 1 aromatic carbocycles. The number of hydrogen-bond donors (Lipinski definition) is 2. The van der Waals surface area contributed by atoms with E-state index in [-0.39, 0.29) is 30.0 Å². The summed E-state index contributed by atoms with van der Waals surface area (Å²) in [5, 5.41) is 7.18. The second-order valence-corrected chi connectivity index (χ2v) is 8.38. The summed E-state index contributed by atoms with van der Waals surface area (Å²) < 4.78 is 10.9. The Morgan fingerprint density at radius 1 is 1.21 bits per heavy atom. The Kier molecular flexibility index (Phi) is 8.04. The molecule has 1 heterocycles. The van der Waals surface area contributed by atoms with Gasteiger partial charge in [-0.15, -0.1) is 24.0 Å². The van der Waals surface area contributed by atoms with Gasteiger partial charge in [0, 0.05) is 33.2 Å². The molecule has 6 nitrogen and oxygen atoms in total. The highest BCUT2D eigenvalue weighted by Gasteiger charge is 2.53. The maximum atomic E-state index is 5.56. The van der Waals surface area contributed by atoms with Gasteiger partial charge in [0.05, 0.1) is 26.4 Å². The molecular weight excluding hydrogens is 479 g/mol. The van der Waals surface area contributed by atoms with Crippen LogP contribution < -0.4 is 15.4 Å². The van der Waals surface area contributed by atoms with Gasteiger partial charge in [0.15, 0.2) is 5.96 Å². The summed E-state index contributed by atoms with van der Waals surface area (Å²) in [5.41, 5.74) is 1.86. The van der Waals surface area contributed by atoms with Gasteiger partial charge in [-0.25, -0.2) is 0 Å². The van der Waals surface area contributed by atoms with Gasteiger partial charge in [0.1, 0.15) is 5.75 Å². The quantitative estimate of drug-likeness (QED) is 0.318. The maximum absolute atomic E-state index is 5.56. The lowest BCUT2D eigenvalue weighted by Crippen LogP contribution is -2.47. The molecule has 29 heavy (non-hydrogen) atoms. The number of nitrogens with one attached hydrogen (secondary N) is 2.